The summed E-state index contributed by atoms with van der Waals surface area (Å²) in [5, 5.41) is 24.1. The molecule has 0 radical (unpaired) electrons. The van der Waals surface area contributed by atoms with E-state index in [1.165, 1.54) is 0 Å². The molecule has 1 aromatic rings. The van der Waals surface area contributed by atoms with E-state index in [-0.39, 0.29) is 30.6 Å². The highest BCUT2D eigenvalue weighted by molar-refractivity contribution is 5.74. The number of nitrogens with zero attached hydrogens (tertiary/aromatic N) is 1. The Kier molecular flexibility index (Phi) is 5.79. The first kappa shape index (κ1) is 16.3. The molecule has 5 heteroatoms. The Hall–Kier alpha value is -2.06. The molecule has 1 fully saturated rings. The van der Waals surface area contributed by atoms with Crippen LogP contribution in [0.4, 0.5) is 4.79 Å². The van der Waals surface area contributed by atoms with Gasteiger partial charge in [0.15, 0.2) is 0 Å². The van der Waals surface area contributed by atoms with E-state index >= 15 is 0 Å². The van der Waals surface area contributed by atoms with Gasteiger partial charge in [0.1, 0.15) is 0 Å². The van der Waals surface area contributed by atoms with E-state index < -0.39 is 0 Å². The highest BCUT2D eigenvalue weighted by atomic mass is 16.3. The van der Waals surface area contributed by atoms with Gasteiger partial charge in [-0.15, -0.1) is 0 Å². The first-order chi connectivity index (χ1) is 10.6. The average molecular weight is 301 g/mol. The van der Waals surface area contributed by atoms with Crippen molar-refractivity contribution in [3.05, 3.63) is 35.4 Å². The molecule has 3 N–H and O–H groups in total. The number of benzene rings is 1. The largest absolute Gasteiger partial charge is 0.396 e. The lowest BCUT2D eigenvalue weighted by atomic mass is 9.85. The summed E-state index contributed by atoms with van der Waals surface area (Å²) in [6.45, 7) is 2.03. The summed E-state index contributed by atoms with van der Waals surface area (Å²) < 4.78 is 0. The molecule has 2 amide bonds. The molecule has 0 aliphatic heterocycles. The molecule has 0 spiro atoms. The maximum atomic E-state index is 12.1. The van der Waals surface area contributed by atoms with Crippen LogP contribution >= 0.6 is 0 Å². The van der Waals surface area contributed by atoms with Gasteiger partial charge in [-0.25, -0.2) is 4.79 Å². The summed E-state index contributed by atoms with van der Waals surface area (Å²) in [6.07, 6.45) is 4.09. The highest BCUT2D eigenvalue weighted by Gasteiger charge is 2.26. The maximum absolute atomic E-state index is 12.1. The lowest BCUT2D eigenvalue weighted by molar-refractivity contribution is 0.153. The van der Waals surface area contributed by atoms with Gasteiger partial charge in [0.2, 0.25) is 0 Å². The molecule has 22 heavy (non-hydrogen) atoms. The van der Waals surface area contributed by atoms with Crippen LogP contribution in [0.3, 0.4) is 0 Å². The molecule has 1 aromatic carbocycles. The third-order valence-corrected chi connectivity index (χ3v) is 4.35. The molecule has 1 aliphatic carbocycles. The van der Waals surface area contributed by atoms with E-state index in [1.807, 2.05) is 19.1 Å². The number of carbonyl (C=O) groups is 1. The van der Waals surface area contributed by atoms with E-state index in [4.69, 9.17) is 5.26 Å². The fraction of sp³-hybridized carbons (Fsp3) is 0.529. The number of hydrogen-bond donors (Lipinski definition) is 3. The van der Waals surface area contributed by atoms with E-state index in [0.29, 0.717) is 5.56 Å². The SMILES string of the molecule is CC(NC(=O)NC1CCCCC1CO)c1ccc(C#N)cc1. The third-order valence-electron chi connectivity index (χ3n) is 4.35. The third kappa shape index (κ3) is 4.22. The van der Waals surface area contributed by atoms with Crippen molar-refractivity contribution >= 4 is 6.03 Å². The second-order valence-corrected chi connectivity index (χ2v) is 5.91. The minimum atomic E-state index is -0.206. The molecule has 1 aliphatic rings. The van der Waals surface area contributed by atoms with Gasteiger partial charge in [0.25, 0.3) is 0 Å². The maximum Gasteiger partial charge on any atom is 0.315 e. The Labute approximate surface area is 131 Å². The molecule has 5 nitrogen and oxygen atoms in total. The molecule has 1 saturated carbocycles. The van der Waals surface area contributed by atoms with Crippen LogP contribution in [0.1, 0.15) is 49.8 Å². The first-order valence-corrected chi connectivity index (χ1v) is 7.82. The fourth-order valence-electron chi connectivity index (χ4n) is 2.95. The molecular formula is C17H23N3O2. The normalized spacial score (nSPS) is 22.4. The molecule has 3 unspecified atom stereocenters. The van der Waals surface area contributed by atoms with Gasteiger partial charge in [0.05, 0.1) is 17.7 Å². The number of aliphatic hydroxyl groups excluding tert-OH is 1. The van der Waals surface area contributed by atoms with Crippen molar-refractivity contribution in [1.29, 1.82) is 5.26 Å². The summed E-state index contributed by atoms with van der Waals surface area (Å²) in [5.74, 6) is 0.157. The number of aliphatic hydroxyl groups is 1. The van der Waals surface area contributed by atoms with Crippen LogP contribution in [0.15, 0.2) is 24.3 Å². The number of hydrogen-bond acceptors (Lipinski definition) is 3. The van der Waals surface area contributed by atoms with Crippen LogP contribution in [-0.2, 0) is 0 Å². The van der Waals surface area contributed by atoms with E-state index in [1.54, 1.807) is 12.1 Å². The van der Waals surface area contributed by atoms with Crippen molar-refractivity contribution in [2.75, 3.05) is 6.61 Å². The summed E-state index contributed by atoms with van der Waals surface area (Å²) >= 11 is 0. The average Bonchev–Trinajstić information content (AvgIpc) is 2.55. The minimum absolute atomic E-state index is 0.0481. The van der Waals surface area contributed by atoms with Crippen LogP contribution in [0.5, 0.6) is 0 Å². The summed E-state index contributed by atoms with van der Waals surface area (Å²) in [6, 6.07) is 8.97. The number of nitriles is 1. The number of urea groups is 1. The monoisotopic (exact) mass is 301 g/mol. The zero-order valence-electron chi connectivity index (χ0n) is 12.9. The Bertz CT molecular complexity index is 536. The van der Waals surface area contributed by atoms with Crippen molar-refractivity contribution in [2.24, 2.45) is 5.92 Å². The highest BCUT2D eigenvalue weighted by Crippen LogP contribution is 2.24. The van der Waals surface area contributed by atoms with Crippen LogP contribution in [0.2, 0.25) is 0 Å². The smallest absolute Gasteiger partial charge is 0.315 e. The van der Waals surface area contributed by atoms with Crippen LogP contribution < -0.4 is 10.6 Å². The van der Waals surface area contributed by atoms with E-state index in [9.17, 15) is 9.90 Å². The van der Waals surface area contributed by atoms with Gasteiger partial charge >= 0.3 is 6.03 Å². The van der Waals surface area contributed by atoms with E-state index in [2.05, 4.69) is 16.7 Å². The molecule has 0 aromatic heterocycles. The van der Waals surface area contributed by atoms with Gasteiger partial charge in [0, 0.05) is 18.6 Å². The first-order valence-electron chi connectivity index (χ1n) is 7.82. The zero-order chi connectivity index (χ0) is 15.9. The zero-order valence-corrected chi connectivity index (χ0v) is 12.9. The second kappa shape index (κ2) is 7.81. The molecule has 3 atom stereocenters. The molecule has 118 valence electrons. The number of carbonyl (C=O) groups excluding carboxylic acids is 1. The predicted molar refractivity (Wildman–Crippen MR) is 84.1 cm³/mol. The van der Waals surface area contributed by atoms with E-state index in [0.717, 1.165) is 31.2 Å². The lowest BCUT2D eigenvalue weighted by Crippen LogP contribution is -2.48. The predicted octanol–water partition coefficient (Wildman–Crippen LogP) is 2.47. The molecule has 0 saturated heterocycles. The summed E-state index contributed by atoms with van der Waals surface area (Å²) in [7, 11) is 0. The molecule has 2 rings (SSSR count). The van der Waals surface area contributed by atoms with Crippen LogP contribution in [-0.4, -0.2) is 23.8 Å². The van der Waals surface area contributed by atoms with Crippen molar-refractivity contribution in [2.45, 2.75) is 44.7 Å². The second-order valence-electron chi connectivity index (χ2n) is 5.91. The molecular weight excluding hydrogens is 278 g/mol. The van der Waals surface area contributed by atoms with Crippen LogP contribution in [0, 0.1) is 17.2 Å². The van der Waals surface area contributed by atoms with Crippen LogP contribution in [0.25, 0.3) is 0 Å². The van der Waals surface area contributed by atoms with Gasteiger partial charge in [-0.05, 0) is 37.5 Å². The van der Waals surface area contributed by atoms with Crippen molar-refractivity contribution in [1.82, 2.24) is 10.6 Å². The van der Waals surface area contributed by atoms with Crippen molar-refractivity contribution in [3.63, 3.8) is 0 Å². The van der Waals surface area contributed by atoms with Gasteiger partial charge in [-0.2, -0.15) is 5.26 Å². The molecule has 0 heterocycles. The minimum Gasteiger partial charge on any atom is -0.396 e. The summed E-state index contributed by atoms with van der Waals surface area (Å²) in [4.78, 5) is 12.1. The van der Waals surface area contributed by atoms with Gasteiger partial charge in [-0.3, -0.25) is 0 Å². The van der Waals surface area contributed by atoms with Gasteiger partial charge in [-0.1, -0.05) is 25.0 Å². The van der Waals surface area contributed by atoms with Gasteiger partial charge < -0.3 is 15.7 Å². The van der Waals surface area contributed by atoms with Crippen molar-refractivity contribution < 1.29 is 9.90 Å². The number of rotatable bonds is 4. The lowest BCUT2D eigenvalue weighted by Gasteiger charge is -2.31. The quantitative estimate of drug-likeness (QED) is 0.798. The number of amides is 2. The molecule has 0 bridgehead atoms. The Morgan fingerprint density at radius 3 is 2.68 bits per heavy atom. The summed E-state index contributed by atoms with van der Waals surface area (Å²) in [5.41, 5.74) is 1.56. The topological polar surface area (TPSA) is 85.2 Å². The Morgan fingerprint density at radius 1 is 1.36 bits per heavy atom. The Balaban J connectivity index is 1.88. The Morgan fingerprint density at radius 2 is 2.05 bits per heavy atom. The fourth-order valence-corrected chi connectivity index (χ4v) is 2.95. The van der Waals surface area contributed by atoms with Crippen molar-refractivity contribution in [3.8, 4) is 6.07 Å². The standard InChI is InChI=1S/C17H23N3O2/c1-12(14-8-6-13(10-18)7-9-14)19-17(22)20-16-5-3-2-4-15(16)11-21/h6-9,12,15-16,21H,2-5,11H2,1H3,(H2,19,20,22). The number of nitrogens with one attached hydrogen (secondary N) is 2.